The normalized spacial score (nSPS) is 11.6. The van der Waals surface area contributed by atoms with Gasteiger partial charge in [-0.2, -0.15) is 4.99 Å². The highest BCUT2D eigenvalue weighted by atomic mass is 32.1. The summed E-state index contributed by atoms with van der Waals surface area (Å²) in [6.45, 7) is 0.310. The summed E-state index contributed by atoms with van der Waals surface area (Å²) in [4.78, 5) is 23.3. The van der Waals surface area contributed by atoms with Gasteiger partial charge in [0.1, 0.15) is 5.75 Å². The van der Waals surface area contributed by atoms with Crippen LogP contribution in [0.15, 0.2) is 83.9 Å². The first-order valence-electron chi connectivity index (χ1n) is 10.3. The van der Waals surface area contributed by atoms with Crippen LogP contribution in [0.5, 0.6) is 5.75 Å². The summed E-state index contributed by atoms with van der Waals surface area (Å²) in [6.07, 6.45) is 5.61. The quantitative estimate of drug-likeness (QED) is 0.350. The molecule has 0 N–H and O–H groups in total. The second kappa shape index (κ2) is 8.73. The zero-order chi connectivity index (χ0) is 22.8. The minimum atomic E-state index is -0.338. The number of methoxy groups -OCH3 is 1. The van der Waals surface area contributed by atoms with E-state index in [0.29, 0.717) is 16.9 Å². The molecule has 0 bridgehead atoms. The highest BCUT2D eigenvalue weighted by molar-refractivity contribution is 7.16. The van der Waals surface area contributed by atoms with Gasteiger partial charge in [0.05, 0.1) is 40.6 Å². The van der Waals surface area contributed by atoms with E-state index in [1.54, 1.807) is 7.11 Å². The number of pyridine rings is 1. The van der Waals surface area contributed by atoms with Crippen LogP contribution in [-0.4, -0.2) is 22.6 Å². The Kier molecular flexibility index (Phi) is 5.47. The molecule has 0 aliphatic heterocycles. The average molecular weight is 450 g/mol. The van der Waals surface area contributed by atoms with Crippen LogP contribution in [0.25, 0.3) is 32.4 Å². The number of carbonyl (C=O) groups excluding carboxylic acids is 1. The van der Waals surface area contributed by atoms with Crippen molar-refractivity contribution < 1.29 is 9.53 Å². The van der Waals surface area contributed by atoms with Gasteiger partial charge in [-0.1, -0.05) is 65.8 Å². The van der Waals surface area contributed by atoms with Crippen LogP contribution in [0.3, 0.4) is 0 Å². The number of fused-ring (bicyclic) bond motifs is 2. The van der Waals surface area contributed by atoms with Gasteiger partial charge < -0.3 is 9.30 Å². The van der Waals surface area contributed by atoms with Gasteiger partial charge in [-0.3, -0.25) is 4.79 Å². The minimum absolute atomic E-state index is 0.310. The van der Waals surface area contributed by atoms with Crippen molar-refractivity contribution in [1.82, 2.24) is 9.55 Å². The molecule has 0 aliphatic carbocycles. The van der Waals surface area contributed by atoms with Gasteiger partial charge in [0.2, 0.25) is 0 Å². The molecule has 0 radical (unpaired) electrons. The summed E-state index contributed by atoms with van der Waals surface area (Å²) >= 11 is 1.41. The molecule has 5 rings (SSSR count). The van der Waals surface area contributed by atoms with E-state index in [4.69, 9.17) is 16.1 Å². The van der Waals surface area contributed by atoms with E-state index in [-0.39, 0.29) is 5.91 Å². The van der Waals surface area contributed by atoms with Crippen LogP contribution in [0.2, 0.25) is 0 Å². The predicted molar refractivity (Wildman–Crippen MR) is 132 cm³/mol. The molecule has 0 aliphatic rings. The fourth-order valence-corrected chi connectivity index (χ4v) is 4.82. The number of terminal acetylenes is 1. The minimum Gasteiger partial charge on any atom is -0.497 e. The predicted octanol–water partition coefficient (Wildman–Crippen LogP) is 5.30. The van der Waals surface area contributed by atoms with Crippen molar-refractivity contribution in [2.24, 2.45) is 4.99 Å². The van der Waals surface area contributed by atoms with Crippen molar-refractivity contribution in [1.29, 1.82) is 0 Å². The summed E-state index contributed by atoms with van der Waals surface area (Å²) in [5.41, 5.74) is 3.82. The number of carbonyl (C=O) groups is 1. The van der Waals surface area contributed by atoms with Crippen molar-refractivity contribution in [3.63, 3.8) is 0 Å². The molecule has 2 aromatic heterocycles. The Bertz CT molecular complexity index is 1610. The van der Waals surface area contributed by atoms with Crippen LogP contribution in [-0.2, 0) is 6.54 Å². The third-order valence-corrected chi connectivity index (χ3v) is 6.39. The number of hydrogen-bond donors (Lipinski definition) is 0. The zero-order valence-corrected chi connectivity index (χ0v) is 18.7. The van der Waals surface area contributed by atoms with Gasteiger partial charge in [0.25, 0.3) is 5.91 Å². The van der Waals surface area contributed by atoms with Crippen molar-refractivity contribution >= 4 is 38.4 Å². The number of amides is 1. The highest BCUT2D eigenvalue weighted by Crippen LogP contribution is 2.26. The van der Waals surface area contributed by atoms with Crippen molar-refractivity contribution in [2.45, 2.75) is 6.54 Å². The lowest BCUT2D eigenvalue weighted by molar-refractivity contribution is 0.0999. The molecular weight excluding hydrogens is 430 g/mol. The van der Waals surface area contributed by atoms with E-state index in [1.165, 1.54) is 11.3 Å². The number of para-hydroxylation sites is 1. The van der Waals surface area contributed by atoms with E-state index in [0.717, 1.165) is 38.1 Å². The zero-order valence-electron chi connectivity index (χ0n) is 17.9. The molecule has 3 aromatic carbocycles. The summed E-state index contributed by atoms with van der Waals surface area (Å²) in [6, 6.07) is 24.9. The molecule has 0 unspecified atom stereocenters. The Morgan fingerprint density at radius 1 is 1.09 bits per heavy atom. The number of benzene rings is 3. The summed E-state index contributed by atoms with van der Waals surface area (Å²) in [5.74, 6) is 3.06. The van der Waals surface area contributed by atoms with Crippen LogP contribution < -0.4 is 9.54 Å². The first-order chi connectivity index (χ1) is 16.2. The Hall–Kier alpha value is -4.21. The fraction of sp³-hybridized carbons (Fsp3) is 0.0741. The molecule has 5 aromatic rings. The smallest absolute Gasteiger partial charge is 0.280 e. The molecule has 160 valence electrons. The Balaban J connectivity index is 1.70. The van der Waals surface area contributed by atoms with Gasteiger partial charge in [0, 0.05) is 10.9 Å². The van der Waals surface area contributed by atoms with Gasteiger partial charge in [-0.25, -0.2) is 4.98 Å². The molecule has 2 heterocycles. The number of hydrogen-bond acceptors (Lipinski definition) is 4. The Morgan fingerprint density at radius 3 is 2.67 bits per heavy atom. The maximum Gasteiger partial charge on any atom is 0.280 e. The molecule has 0 spiro atoms. The SMILES string of the molecule is C#CCn1c(=NC(=O)c2cc(-c3ccccc3)nc3ccccc23)sc2cc(OC)ccc21. The van der Waals surface area contributed by atoms with E-state index >= 15 is 0 Å². The van der Waals surface area contributed by atoms with E-state index in [1.807, 2.05) is 83.4 Å². The van der Waals surface area contributed by atoms with Gasteiger partial charge >= 0.3 is 0 Å². The van der Waals surface area contributed by atoms with Crippen molar-refractivity contribution in [3.05, 3.63) is 89.2 Å². The van der Waals surface area contributed by atoms with Gasteiger partial charge in [0.15, 0.2) is 4.80 Å². The van der Waals surface area contributed by atoms with Gasteiger partial charge in [-0.15, -0.1) is 6.42 Å². The molecule has 6 heteroatoms. The number of nitrogens with zero attached hydrogens (tertiary/aromatic N) is 3. The molecule has 5 nitrogen and oxygen atoms in total. The van der Waals surface area contributed by atoms with Crippen LogP contribution in [0, 0.1) is 12.3 Å². The number of rotatable bonds is 4. The lowest BCUT2D eigenvalue weighted by atomic mass is 10.0. The summed E-state index contributed by atoms with van der Waals surface area (Å²) < 4.78 is 8.16. The maximum absolute atomic E-state index is 13.5. The molecule has 0 atom stereocenters. The Labute approximate surface area is 194 Å². The highest BCUT2D eigenvalue weighted by Gasteiger charge is 2.15. The first kappa shape index (κ1) is 20.7. The molecule has 0 saturated heterocycles. The number of ether oxygens (including phenoxy) is 1. The topological polar surface area (TPSA) is 56.5 Å². The van der Waals surface area contributed by atoms with Gasteiger partial charge in [-0.05, 0) is 30.3 Å². The molecule has 0 saturated carbocycles. The van der Waals surface area contributed by atoms with E-state index in [2.05, 4.69) is 10.9 Å². The monoisotopic (exact) mass is 449 g/mol. The maximum atomic E-state index is 13.5. The molecular formula is C27H19N3O2S. The van der Waals surface area contributed by atoms with Crippen LogP contribution in [0.4, 0.5) is 0 Å². The lowest BCUT2D eigenvalue weighted by Crippen LogP contribution is -2.16. The molecule has 33 heavy (non-hydrogen) atoms. The van der Waals surface area contributed by atoms with Crippen molar-refractivity contribution in [2.75, 3.05) is 7.11 Å². The fourth-order valence-electron chi connectivity index (χ4n) is 3.77. The van der Waals surface area contributed by atoms with Crippen molar-refractivity contribution in [3.8, 4) is 29.4 Å². The second-order valence-electron chi connectivity index (χ2n) is 7.36. The number of thiazole rings is 1. The lowest BCUT2D eigenvalue weighted by Gasteiger charge is -2.07. The standard InChI is InChI=1S/C27H19N3O2S/c1-3-15-30-24-14-13-19(32-2)16-25(24)33-27(30)29-26(31)21-17-23(18-9-5-4-6-10-18)28-22-12-8-7-11-20(21)22/h1,4-14,16-17H,15H2,2H3. The molecule has 1 amide bonds. The Morgan fingerprint density at radius 2 is 1.88 bits per heavy atom. The summed E-state index contributed by atoms with van der Waals surface area (Å²) in [5, 5.41) is 0.761. The summed E-state index contributed by atoms with van der Waals surface area (Å²) in [7, 11) is 1.62. The van der Waals surface area contributed by atoms with Crippen LogP contribution in [0.1, 0.15) is 10.4 Å². The van der Waals surface area contributed by atoms with E-state index < -0.39 is 0 Å². The largest absolute Gasteiger partial charge is 0.497 e. The second-order valence-corrected chi connectivity index (χ2v) is 8.37. The first-order valence-corrected chi connectivity index (χ1v) is 11.1. The molecule has 0 fully saturated rings. The number of aromatic nitrogens is 2. The average Bonchev–Trinajstić information content (AvgIpc) is 3.19. The van der Waals surface area contributed by atoms with Crippen LogP contribution >= 0.6 is 11.3 Å². The van der Waals surface area contributed by atoms with E-state index in [9.17, 15) is 4.79 Å². The third-order valence-electron chi connectivity index (χ3n) is 5.35. The third kappa shape index (κ3) is 3.91.